The number of benzene rings is 1. The topological polar surface area (TPSA) is 160 Å². The molecule has 0 radical (unpaired) electrons. The van der Waals surface area contributed by atoms with Crippen LogP contribution in [0.3, 0.4) is 0 Å². The van der Waals surface area contributed by atoms with E-state index in [1.807, 2.05) is 18.7 Å². The number of ether oxygens (including phenoxy) is 2. The monoisotopic (exact) mass is 652 g/mol. The van der Waals surface area contributed by atoms with E-state index in [9.17, 15) is 34.4 Å². The van der Waals surface area contributed by atoms with Crippen molar-refractivity contribution in [1.82, 2.24) is 9.80 Å². The smallest absolute Gasteiger partial charge is 0.410 e. The number of halogens is 1. The summed E-state index contributed by atoms with van der Waals surface area (Å²) in [6.07, 6.45) is 1.56. The molecule has 12 heteroatoms. The van der Waals surface area contributed by atoms with Crippen LogP contribution < -0.4 is 4.74 Å². The van der Waals surface area contributed by atoms with Gasteiger partial charge in [-0.3, -0.25) is 4.79 Å². The van der Waals surface area contributed by atoms with E-state index < -0.39 is 36.8 Å². The van der Waals surface area contributed by atoms with Gasteiger partial charge in [0, 0.05) is 32.2 Å². The Hall–Kier alpha value is -2.51. The molecule has 3 fully saturated rings. The third-order valence-corrected chi connectivity index (χ3v) is 10.0. The largest absolute Gasteiger partial charge is 0.493 e. The molecule has 3 aliphatic rings. The first kappa shape index (κ1) is 36.3. The molecule has 1 saturated carbocycles. The van der Waals surface area contributed by atoms with Gasteiger partial charge in [0.15, 0.2) is 0 Å². The lowest BCUT2D eigenvalue weighted by molar-refractivity contribution is -0.137. The maximum Gasteiger partial charge on any atom is 0.410 e. The Morgan fingerprint density at radius 2 is 1.61 bits per heavy atom. The van der Waals surface area contributed by atoms with E-state index in [0.29, 0.717) is 55.2 Å². The van der Waals surface area contributed by atoms with Crippen LogP contribution in [0.2, 0.25) is 0 Å². The lowest BCUT2D eigenvalue weighted by Crippen LogP contribution is -2.50. The summed E-state index contributed by atoms with van der Waals surface area (Å²) in [6.45, 7) is 6.13. The molecule has 46 heavy (non-hydrogen) atoms. The fourth-order valence-corrected chi connectivity index (χ4v) is 7.12. The number of nitrogens with zero attached hydrogens (tertiary/aromatic N) is 2. The van der Waals surface area contributed by atoms with Gasteiger partial charge in [-0.2, -0.15) is 0 Å². The number of hydrogen-bond acceptors (Lipinski definition) is 9. The predicted molar refractivity (Wildman–Crippen MR) is 167 cm³/mol. The van der Waals surface area contributed by atoms with Crippen molar-refractivity contribution in [3.05, 3.63) is 29.6 Å². The Morgan fingerprint density at radius 1 is 0.957 bits per heavy atom. The second-order valence-electron chi connectivity index (χ2n) is 14.0. The van der Waals surface area contributed by atoms with E-state index in [2.05, 4.69) is 0 Å². The van der Waals surface area contributed by atoms with Crippen LogP contribution in [0.4, 0.5) is 9.18 Å². The third-order valence-electron chi connectivity index (χ3n) is 10.0. The highest BCUT2D eigenvalue weighted by Gasteiger charge is 2.46. The van der Waals surface area contributed by atoms with Crippen molar-refractivity contribution in [3.63, 3.8) is 0 Å². The van der Waals surface area contributed by atoms with E-state index in [1.165, 1.54) is 18.9 Å². The zero-order valence-corrected chi connectivity index (χ0v) is 27.2. The quantitative estimate of drug-likeness (QED) is 0.169. The van der Waals surface area contributed by atoms with Crippen LogP contribution in [0, 0.1) is 23.1 Å². The zero-order valence-electron chi connectivity index (χ0n) is 27.2. The Kier molecular flexibility index (Phi) is 13.1. The van der Waals surface area contributed by atoms with Crippen molar-refractivity contribution in [2.24, 2.45) is 17.3 Å². The Balaban J connectivity index is 1.06. The van der Waals surface area contributed by atoms with E-state index in [1.54, 1.807) is 17.0 Å². The molecule has 2 amide bonds. The Bertz CT molecular complexity index is 1130. The lowest BCUT2D eigenvalue weighted by Gasteiger charge is -2.52. The van der Waals surface area contributed by atoms with Crippen molar-refractivity contribution in [3.8, 4) is 5.75 Å². The van der Waals surface area contributed by atoms with E-state index >= 15 is 0 Å². The van der Waals surface area contributed by atoms with Gasteiger partial charge in [0.1, 0.15) is 29.9 Å². The fourth-order valence-electron chi connectivity index (χ4n) is 7.12. The van der Waals surface area contributed by atoms with Gasteiger partial charge in [-0.25, -0.2) is 9.18 Å². The summed E-state index contributed by atoms with van der Waals surface area (Å²) in [7, 11) is 0. The fraction of sp³-hybridized carbons (Fsp3) is 0.765. The first-order chi connectivity index (χ1) is 21.9. The zero-order chi connectivity index (χ0) is 33.4. The van der Waals surface area contributed by atoms with Crippen LogP contribution in [-0.4, -0.2) is 117 Å². The molecule has 2 aliphatic heterocycles. The Labute approximate surface area is 271 Å². The van der Waals surface area contributed by atoms with Crippen molar-refractivity contribution < 1.29 is 49.0 Å². The predicted octanol–water partition coefficient (Wildman–Crippen LogP) is 2.63. The Morgan fingerprint density at radius 3 is 2.24 bits per heavy atom. The first-order valence-electron chi connectivity index (χ1n) is 16.9. The number of aliphatic hydroxyl groups excluding tert-OH is 5. The third kappa shape index (κ3) is 9.76. The maximum absolute atomic E-state index is 14.8. The van der Waals surface area contributed by atoms with Crippen molar-refractivity contribution >= 4 is 12.0 Å². The summed E-state index contributed by atoms with van der Waals surface area (Å²) in [4.78, 5) is 28.3. The van der Waals surface area contributed by atoms with E-state index in [4.69, 9.17) is 14.6 Å². The molecular weight excluding hydrogens is 599 g/mol. The van der Waals surface area contributed by atoms with Crippen molar-refractivity contribution in [1.29, 1.82) is 0 Å². The molecular formula is C34H53FN2O9. The molecule has 260 valence electrons. The average Bonchev–Trinajstić information content (AvgIpc) is 2.99. The number of carbonyl (C=O) groups is 2. The van der Waals surface area contributed by atoms with Gasteiger partial charge < -0.3 is 44.8 Å². The maximum atomic E-state index is 14.8. The van der Waals surface area contributed by atoms with Gasteiger partial charge in [0.05, 0.1) is 31.8 Å². The second-order valence-corrected chi connectivity index (χ2v) is 14.0. The molecule has 1 aromatic rings. The normalized spacial score (nSPS) is 21.0. The van der Waals surface area contributed by atoms with Crippen LogP contribution in [0.15, 0.2) is 18.2 Å². The van der Waals surface area contributed by atoms with Gasteiger partial charge in [-0.15, -0.1) is 0 Å². The van der Waals surface area contributed by atoms with Crippen LogP contribution >= 0.6 is 0 Å². The van der Waals surface area contributed by atoms with Gasteiger partial charge >= 0.3 is 6.09 Å². The number of rotatable bonds is 16. The SMILES string of the molecule is CC(C)OC(=O)N1CCC2(CC1)CC(CCCOc1ccc(CC(=O)N3CC(CCC[C@H](O)[C@@H](O)[C@H](O)[C@H](O)CO)C3)c(F)c1)C2. The highest BCUT2D eigenvalue weighted by atomic mass is 19.1. The highest BCUT2D eigenvalue weighted by molar-refractivity contribution is 5.79. The highest BCUT2D eigenvalue weighted by Crippen LogP contribution is 2.54. The minimum absolute atomic E-state index is 0.0328. The number of hydrogen-bond donors (Lipinski definition) is 5. The van der Waals surface area contributed by atoms with Gasteiger partial charge in [-0.1, -0.05) is 12.5 Å². The molecule has 4 rings (SSSR count). The molecule has 1 aliphatic carbocycles. The van der Waals surface area contributed by atoms with Crippen LogP contribution in [0.5, 0.6) is 5.75 Å². The molecule has 0 aromatic heterocycles. The van der Waals surface area contributed by atoms with E-state index in [0.717, 1.165) is 38.8 Å². The van der Waals surface area contributed by atoms with Crippen molar-refractivity contribution in [2.45, 2.75) is 109 Å². The van der Waals surface area contributed by atoms with Gasteiger partial charge in [-0.05, 0) is 94.1 Å². The standard InChI is InChI=1S/C34H53FN2O9/c1-22(2)46-33(44)36-12-10-34(11-13-36)17-23(18-34)6-4-14-45-26-9-8-25(27(35)16-26)15-30(41)37-19-24(20-37)5-3-7-28(39)31(42)32(43)29(40)21-38/h8-9,16,22-24,28-29,31-32,38-40,42-43H,3-7,10-15,17-21H2,1-2H3/t28-,29+,31+,32+/m0/s1. The molecule has 4 atom stereocenters. The minimum Gasteiger partial charge on any atom is -0.493 e. The molecule has 1 aromatic carbocycles. The van der Waals surface area contributed by atoms with E-state index in [-0.39, 0.29) is 36.9 Å². The van der Waals surface area contributed by atoms with Crippen LogP contribution in [0.1, 0.15) is 77.2 Å². The number of likely N-dealkylation sites (tertiary alicyclic amines) is 2. The molecule has 5 N–H and O–H groups in total. The summed E-state index contributed by atoms with van der Waals surface area (Å²) in [5.41, 5.74) is 0.685. The minimum atomic E-state index is -1.64. The average molecular weight is 653 g/mol. The summed E-state index contributed by atoms with van der Waals surface area (Å²) in [5.74, 6) is 0.734. The summed E-state index contributed by atoms with van der Waals surface area (Å²) < 4.78 is 25.9. The van der Waals surface area contributed by atoms with Crippen LogP contribution in [0.25, 0.3) is 0 Å². The molecule has 0 bridgehead atoms. The number of piperidine rings is 1. The second kappa shape index (κ2) is 16.5. The first-order valence-corrected chi connectivity index (χ1v) is 16.9. The number of amides is 2. The number of carbonyl (C=O) groups excluding carboxylic acids is 2. The molecule has 0 unspecified atom stereocenters. The molecule has 2 saturated heterocycles. The number of aliphatic hydroxyl groups is 5. The van der Waals surface area contributed by atoms with Crippen LogP contribution in [-0.2, 0) is 16.0 Å². The molecule has 2 heterocycles. The van der Waals surface area contributed by atoms with Gasteiger partial charge in [0.25, 0.3) is 0 Å². The van der Waals surface area contributed by atoms with Crippen molar-refractivity contribution in [2.75, 3.05) is 39.4 Å². The summed E-state index contributed by atoms with van der Waals surface area (Å²) in [5, 5.41) is 47.9. The molecule has 11 nitrogen and oxygen atoms in total. The van der Waals surface area contributed by atoms with Gasteiger partial charge in [0.2, 0.25) is 5.91 Å². The summed E-state index contributed by atoms with van der Waals surface area (Å²) in [6, 6.07) is 4.65. The lowest BCUT2D eigenvalue weighted by atomic mass is 9.56. The molecule has 1 spiro atoms. The summed E-state index contributed by atoms with van der Waals surface area (Å²) >= 11 is 0.